The molecule has 4 rings (SSSR count). The first-order valence-electron chi connectivity index (χ1n) is 9.99. The van der Waals surface area contributed by atoms with Crippen LogP contribution in [0.3, 0.4) is 0 Å². The number of halogens is 1. The molecule has 30 heavy (non-hydrogen) atoms. The van der Waals surface area contributed by atoms with Crippen molar-refractivity contribution in [2.45, 2.75) is 19.8 Å². The van der Waals surface area contributed by atoms with Gasteiger partial charge in [-0.2, -0.15) is 0 Å². The second-order valence-electron chi connectivity index (χ2n) is 7.12. The number of methoxy groups -OCH3 is 1. The lowest BCUT2D eigenvalue weighted by Gasteiger charge is -2.08. The molecule has 154 valence electrons. The number of hydrogen-bond donors (Lipinski definition) is 1. The number of aryl methyl sites for hydroxylation is 1. The number of benzene rings is 2. The van der Waals surface area contributed by atoms with Crippen LogP contribution in [-0.2, 0) is 11.2 Å². The fourth-order valence-corrected chi connectivity index (χ4v) is 4.79. The summed E-state index contributed by atoms with van der Waals surface area (Å²) < 4.78 is 19.9. The average molecular weight is 423 g/mol. The number of amides is 1. The summed E-state index contributed by atoms with van der Waals surface area (Å²) in [6.07, 6.45) is 3.48. The molecule has 0 bridgehead atoms. The first-order valence-corrected chi connectivity index (χ1v) is 10.8. The third-order valence-corrected chi connectivity index (χ3v) is 6.39. The molecular formula is C24H23FN2O2S. The fraction of sp³-hybridized carbons (Fsp3) is 0.250. The maximum absolute atomic E-state index is 14.0. The molecule has 0 atom stereocenters. The highest BCUT2D eigenvalue weighted by Gasteiger charge is 2.21. The van der Waals surface area contributed by atoms with Crippen LogP contribution in [0.2, 0.25) is 0 Å². The van der Waals surface area contributed by atoms with Gasteiger partial charge in [0.25, 0.3) is 5.91 Å². The molecule has 4 aromatic rings. The number of rotatable bonds is 7. The second kappa shape index (κ2) is 8.90. The van der Waals surface area contributed by atoms with Crippen LogP contribution in [0.4, 0.5) is 4.39 Å². The minimum absolute atomic E-state index is 0.133. The molecule has 0 spiro atoms. The molecule has 6 heteroatoms. The minimum Gasteiger partial charge on any atom is -0.385 e. The number of nitrogens with zero attached hydrogens (tertiary/aromatic N) is 1. The van der Waals surface area contributed by atoms with E-state index in [0.717, 1.165) is 39.4 Å². The summed E-state index contributed by atoms with van der Waals surface area (Å²) in [5, 5.41) is 4.57. The molecule has 2 aromatic heterocycles. The molecule has 4 nitrogen and oxygen atoms in total. The summed E-state index contributed by atoms with van der Waals surface area (Å²) in [5.41, 5.74) is 3.75. The monoisotopic (exact) mass is 422 g/mol. The Kier molecular flexibility index (Phi) is 6.06. The van der Waals surface area contributed by atoms with Gasteiger partial charge in [-0.3, -0.25) is 9.78 Å². The van der Waals surface area contributed by atoms with Crippen molar-refractivity contribution in [3.8, 4) is 11.1 Å². The standard InChI is InChI=1S/C24H23FN2O2S/c1-3-15-5-7-16(8-6-15)21-19-14-27-20-10-9-17(25)13-18(20)22(19)30-23(21)24(28)26-11-4-12-29-2/h5-10,13-14H,3-4,11-12H2,1-2H3,(H,26,28). The molecule has 0 radical (unpaired) electrons. The highest BCUT2D eigenvalue weighted by molar-refractivity contribution is 7.22. The van der Waals surface area contributed by atoms with Gasteiger partial charge >= 0.3 is 0 Å². The zero-order valence-corrected chi connectivity index (χ0v) is 17.8. The third-order valence-electron chi connectivity index (χ3n) is 5.15. The number of hydrogen-bond acceptors (Lipinski definition) is 4. The zero-order valence-electron chi connectivity index (χ0n) is 17.0. The number of carbonyl (C=O) groups excluding carboxylic acids is 1. The quantitative estimate of drug-likeness (QED) is 0.395. The van der Waals surface area contributed by atoms with E-state index in [-0.39, 0.29) is 11.7 Å². The van der Waals surface area contributed by atoms with Crippen molar-refractivity contribution in [3.05, 3.63) is 64.9 Å². The topological polar surface area (TPSA) is 51.2 Å². The van der Waals surface area contributed by atoms with Gasteiger partial charge < -0.3 is 10.1 Å². The third kappa shape index (κ3) is 3.93. The number of carbonyl (C=O) groups is 1. The number of pyridine rings is 1. The molecule has 1 amide bonds. The molecule has 0 unspecified atom stereocenters. The Morgan fingerprint density at radius 3 is 2.70 bits per heavy atom. The summed E-state index contributed by atoms with van der Waals surface area (Å²) in [6, 6.07) is 12.8. The van der Waals surface area contributed by atoms with Gasteiger partial charge in [-0.05, 0) is 42.2 Å². The number of nitrogens with one attached hydrogen (secondary N) is 1. The minimum atomic E-state index is -0.315. The lowest BCUT2D eigenvalue weighted by Crippen LogP contribution is -2.24. The zero-order chi connectivity index (χ0) is 21.1. The molecule has 0 aliphatic heterocycles. The summed E-state index contributed by atoms with van der Waals surface area (Å²) in [7, 11) is 1.64. The lowest BCUT2D eigenvalue weighted by molar-refractivity contribution is 0.0953. The number of thiophene rings is 1. The number of ether oxygens (including phenoxy) is 1. The van der Waals surface area contributed by atoms with Crippen LogP contribution >= 0.6 is 11.3 Å². The van der Waals surface area contributed by atoms with Crippen LogP contribution in [0, 0.1) is 5.82 Å². The van der Waals surface area contributed by atoms with E-state index >= 15 is 0 Å². The van der Waals surface area contributed by atoms with E-state index in [1.807, 2.05) is 12.1 Å². The predicted molar refractivity (Wildman–Crippen MR) is 121 cm³/mol. The maximum atomic E-state index is 14.0. The highest BCUT2D eigenvalue weighted by atomic mass is 32.1. The summed E-state index contributed by atoms with van der Waals surface area (Å²) in [4.78, 5) is 18.2. The smallest absolute Gasteiger partial charge is 0.262 e. The normalized spacial score (nSPS) is 11.3. The van der Waals surface area contributed by atoms with E-state index in [2.05, 4.69) is 29.4 Å². The highest BCUT2D eigenvalue weighted by Crippen LogP contribution is 2.41. The molecule has 2 heterocycles. The van der Waals surface area contributed by atoms with Crippen LogP contribution in [0.25, 0.3) is 32.1 Å². The van der Waals surface area contributed by atoms with E-state index < -0.39 is 0 Å². The Bertz CT molecular complexity index is 1200. The number of fused-ring (bicyclic) bond motifs is 3. The van der Waals surface area contributed by atoms with E-state index in [1.54, 1.807) is 19.4 Å². The molecule has 0 aliphatic rings. The molecule has 0 saturated heterocycles. The largest absolute Gasteiger partial charge is 0.385 e. The molecule has 2 aromatic carbocycles. The van der Waals surface area contributed by atoms with Crippen LogP contribution in [0.15, 0.2) is 48.7 Å². The van der Waals surface area contributed by atoms with Crippen molar-refractivity contribution >= 4 is 38.2 Å². The van der Waals surface area contributed by atoms with Gasteiger partial charge in [-0.25, -0.2) is 4.39 Å². The molecule has 0 saturated carbocycles. The molecule has 1 N–H and O–H groups in total. The summed E-state index contributed by atoms with van der Waals surface area (Å²) >= 11 is 1.39. The van der Waals surface area contributed by atoms with Gasteiger partial charge in [0.2, 0.25) is 0 Å². The van der Waals surface area contributed by atoms with Crippen LogP contribution in [0.5, 0.6) is 0 Å². The van der Waals surface area contributed by atoms with Crippen LogP contribution in [0.1, 0.15) is 28.6 Å². The van der Waals surface area contributed by atoms with Crippen molar-refractivity contribution in [1.29, 1.82) is 0 Å². The number of aromatic nitrogens is 1. The Balaban J connectivity index is 1.87. The lowest BCUT2D eigenvalue weighted by atomic mass is 9.99. The van der Waals surface area contributed by atoms with Gasteiger partial charge in [-0.1, -0.05) is 31.2 Å². The van der Waals surface area contributed by atoms with Crippen molar-refractivity contribution in [2.24, 2.45) is 0 Å². The van der Waals surface area contributed by atoms with Gasteiger partial charge in [0.05, 0.1) is 5.52 Å². The maximum Gasteiger partial charge on any atom is 0.262 e. The van der Waals surface area contributed by atoms with E-state index in [9.17, 15) is 9.18 Å². The van der Waals surface area contributed by atoms with Crippen molar-refractivity contribution in [2.75, 3.05) is 20.3 Å². The van der Waals surface area contributed by atoms with Gasteiger partial charge in [0.1, 0.15) is 10.7 Å². The summed E-state index contributed by atoms with van der Waals surface area (Å²) in [6.45, 7) is 3.23. The van der Waals surface area contributed by atoms with Crippen molar-refractivity contribution in [1.82, 2.24) is 10.3 Å². The van der Waals surface area contributed by atoms with E-state index in [0.29, 0.717) is 23.5 Å². The first-order chi connectivity index (χ1) is 14.6. The van der Waals surface area contributed by atoms with Gasteiger partial charge in [-0.15, -0.1) is 11.3 Å². The fourth-order valence-electron chi connectivity index (χ4n) is 3.56. The first kappa shape index (κ1) is 20.4. The summed E-state index contributed by atoms with van der Waals surface area (Å²) in [5.74, 6) is -0.448. The predicted octanol–water partition coefficient (Wildman–Crippen LogP) is 5.58. The average Bonchev–Trinajstić information content (AvgIpc) is 3.17. The SMILES string of the molecule is CCc1ccc(-c2c(C(=O)NCCCOC)sc3c2cnc2ccc(F)cc23)cc1. The van der Waals surface area contributed by atoms with Gasteiger partial charge in [0, 0.05) is 47.5 Å². The Hall–Kier alpha value is -2.83. The molecule has 0 fully saturated rings. The van der Waals surface area contributed by atoms with Gasteiger partial charge in [0.15, 0.2) is 0 Å². The van der Waals surface area contributed by atoms with E-state index in [4.69, 9.17) is 4.74 Å². The van der Waals surface area contributed by atoms with Crippen LogP contribution in [-0.4, -0.2) is 31.2 Å². The second-order valence-corrected chi connectivity index (χ2v) is 8.14. The Labute approximate surface area is 178 Å². The van der Waals surface area contributed by atoms with Crippen molar-refractivity contribution in [3.63, 3.8) is 0 Å². The Morgan fingerprint density at radius 2 is 1.97 bits per heavy atom. The van der Waals surface area contributed by atoms with Crippen LogP contribution < -0.4 is 5.32 Å². The van der Waals surface area contributed by atoms with Crippen molar-refractivity contribution < 1.29 is 13.9 Å². The van der Waals surface area contributed by atoms with E-state index in [1.165, 1.54) is 29.0 Å². The molecule has 0 aliphatic carbocycles. The molecular weight excluding hydrogens is 399 g/mol. The Morgan fingerprint density at radius 1 is 1.17 bits per heavy atom.